The summed E-state index contributed by atoms with van der Waals surface area (Å²) in [5, 5.41) is 5.06. The zero-order valence-electron chi connectivity index (χ0n) is 11.8. The molecule has 0 saturated carbocycles. The quantitative estimate of drug-likeness (QED) is 0.919. The van der Waals surface area contributed by atoms with E-state index in [0.29, 0.717) is 0 Å². The highest BCUT2D eigenvalue weighted by atomic mass is 35.5. The van der Waals surface area contributed by atoms with Crippen LogP contribution in [0.5, 0.6) is 5.75 Å². The third kappa shape index (κ3) is 4.00. The van der Waals surface area contributed by atoms with Crippen molar-refractivity contribution in [2.75, 3.05) is 19.7 Å². The van der Waals surface area contributed by atoms with Crippen LogP contribution in [0.4, 0.5) is 0 Å². The van der Waals surface area contributed by atoms with Crippen molar-refractivity contribution in [2.24, 2.45) is 5.92 Å². The van der Waals surface area contributed by atoms with Crippen molar-refractivity contribution in [3.63, 3.8) is 0 Å². The second kappa shape index (κ2) is 7.83. The summed E-state index contributed by atoms with van der Waals surface area (Å²) in [5.41, 5.74) is 0.852. The summed E-state index contributed by atoms with van der Waals surface area (Å²) in [6.45, 7) is 3.02. The second-order valence-electron chi connectivity index (χ2n) is 5.28. The van der Waals surface area contributed by atoms with Crippen LogP contribution in [0.3, 0.4) is 0 Å². The Morgan fingerprint density at radius 2 is 2.05 bits per heavy atom. The lowest BCUT2D eigenvalue weighted by molar-refractivity contribution is 0.253. The van der Waals surface area contributed by atoms with Gasteiger partial charge in [0.1, 0.15) is 11.3 Å². The molecule has 21 heavy (non-hydrogen) atoms. The predicted octanol–water partition coefficient (Wildman–Crippen LogP) is 4.08. The van der Waals surface area contributed by atoms with Crippen molar-refractivity contribution in [2.45, 2.75) is 19.3 Å². The number of nitrogens with zero attached hydrogens (tertiary/aromatic N) is 1. The number of piperidine rings is 1. The first-order valence-electron chi connectivity index (χ1n) is 7.21. The fourth-order valence-electron chi connectivity index (χ4n) is 2.73. The van der Waals surface area contributed by atoms with Gasteiger partial charge in [-0.2, -0.15) is 0 Å². The van der Waals surface area contributed by atoms with Crippen molar-refractivity contribution in [3.8, 4) is 5.75 Å². The zero-order chi connectivity index (χ0) is 13.8. The zero-order valence-corrected chi connectivity index (χ0v) is 13.4. The lowest BCUT2D eigenvalue weighted by atomic mass is 9.95. The second-order valence-corrected chi connectivity index (χ2v) is 5.68. The maximum atomic E-state index is 6.18. The van der Waals surface area contributed by atoms with Gasteiger partial charge in [-0.25, -0.2) is 0 Å². The van der Waals surface area contributed by atoms with Crippen molar-refractivity contribution in [1.82, 2.24) is 10.3 Å². The molecule has 1 aliphatic heterocycles. The topological polar surface area (TPSA) is 34.1 Å². The number of hydrogen-bond donors (Lipinski definition) is 1. The molecule has 1 aliphatic rings. The molecule has 3 nitrogen and oxygen atoms in total. The Balaban J connectivity index is 0.00000161. The number of pyridine rings is 1. The number of benzene rings is 1. The van der Waals surface area contributed by atoms with Gasteiger partial charge in [0, 0.05) is 11.6 Å². The highest BCUT2D eigenvalue weighted by Crippen LogP contribution is 2.30. The molecule has 5 heteroatoms. The van der Waals surface area contributed by atoms with Crippen molar-refractivity contribution in [1.29, 1.82) is 0 Å². The highest BCUT2D eigenvalue weighted by molar-refractivity contribution is 6.35. The van der Waals surface area contributed by atoms with Gasteiger partial charge in [0.2, 0.25) is 0 Å². The molecule has 2 heterocycles. The minimum Gasteiger partial charge on any atom is -0.491 e. The maximum Gasteiger partial charge on any atom is 0.145 e. The van der Waals surface area contributed by atoms with Crippen LogP contribution in [-0.2, 0) is 0 Å². The van der Waals surface area contributed by atoms with Gasteiger partial charge in [-0.3, -0.25) is 4.98 Å². The lowest BCUT2D eigenvalue weighted by Gasteiger charge is -2.22. The van der Waals surface area contributed by atoms with E-state index in [4.69, 9.17) is 16.3 Å². The van der Waals surface area contributed by atoms with Crippen molar-refractivity contribution < 1.29 is 4.74 Å². The molecule has 114 valence electrons. The Bertz CT molecular complexity index is 585. The molecule has 1 N–H and O–H groups in total. The molecule has 0 radical (unpaired) electrons. The minimum atomic E-state index is 0. The lowest BCUT2D eigenvalue weighted by Crippen LogP contribution is -2.28. The van der Waals surface area contributed by atoms with Gasteiger partial charge in [0.05, 0.1) is 11.6 Å². The molecule has 0 bridgehead atoms. The van der Waals surface area contributed by atoms with E-state index in [9.17, 15) is 0 Å². The van der Waals surface area contributed by atoms with E-state index in [2.05, 4.69) is 10.3 Å². The van der Waals surface area contributed by atoms with Gasteiger partial charge < -0.3 is 10.1 Å². The van der Waals surface area contributed by atoms with E-state index < -0.39 is 0 Å². The van der Waals surface area contributed by atoms with Gasteiger partial charge in [-0.05, 0) is 62.5 Å². The Morgan fingerprint density at radius 3 is 2.86 bits per heavy atom. The molecule has 1 saturated heterocycles. The Morgan fingerprint density at radius 1 is 1.24 bits per heavy atom. The first-order valence-corrected chi connectivity index (χ1v) is 7.59. The van der Waals surface area contributed by atoms with E-state index in [0.717, 1.165) is 53.7 Å². The molecular formula is C16H20Cl2N2O. The summed E-state index contributed by atoms with van der Waals surface area (Å²) in [7, 11) is 0. The predicted molar refractivity (Wildman–Crippen MR) is 89.7 cm³/mol. The van der Waals surface area contributed by atoms with Gasteiger partial charge in [0.15, 0.2) is 0 Å². The molecule has 0 amide bonds. The van der Waals surface area contributed by atoms with Crippen molar-refractivity contribution >= 4 is 34.9 Å². The molecule has 0 aliphatic carbocycles. The van der Waals surface area contributed by atoms with Crippen LogP contribution >= 0.6 is 24.0 Å². The van der Waals surface area contributed by atoms with E-state index in [1.807, 2.05) is 24.3 Å². The van der Waals surface area contributed by atoms with E-state index >= 15 is 0 Å². The van der Waals surface area contributed by atoms with Gasteiger partial charge in [-0.15, -0.1) is 12.4 Å². The first kappa shape index (κ1) is 16.3. The SMILES string of the molecule is Cl.Clc1ccc(OCCC2CCNCC2)c2ncccc12. The van der Waals surface area contributed by atoms with Gasteiger partial charge in [-0.1, -0.05) is 11.6 Å². The molecule has 1 fully saturated rings. The smallest absolute Gasteiger partial charge is 0.145 e. The molecule has 0 atom stereocenters. The van der Waals surface area contributed by atoms with Crippen LogP contribution in [0.1, 0.15) is 19.3 Å². The largest absolute Gasteiger partial charge is 0.491 e. The van der Waals surface area contributed by atoms with Gasteiger partial charge >= 0.3 is 0 Å². The number of hydrogen-bond acceptors (Lipinski definition) is 3. The molecular weight excluding hydrogens is 307 g/mol. The summed E-state index contributed by atoms with van der Waals surface area (Å²) >= 11 is 6.18. The molecule has 1 aromatic carbocycles. The minimum absolute atomic E-state index is 0. The van der Waals surface area contributed by atoms with E-state index in [-0.39, 0.29) is 12.4 Å². The maximum absolute atomic E-state index is 6.18. The fraction of sp³-hybridized carbons (Fsp3) is 0.438. The van der Waals surface area contributed by atoms with Gasteiger partial charge in [0.25, 0.3) is 0 Å². The summed E-state index contributed by atoms with van der Waals surface area (Å²) < 4.78 is 5.94. The summed E-state index contributed by atoms with van der Waals surface area (Å²) in [6, 6.07) is 7.67. The van der Waals surface area contributed by atoms with Crippen LogP contribution < -0.4 is 10.1 Å². The summed E-state index contributed by atoms with van der Waals surface area (Å²) in [4.78, 5) is 4.39. The Hall–Kier alpha value is -1.03. The summed E-state index contributed by atoms with van der Waals surface area (Å²) in [5.74, 6) is 1.61. The van der Waals surface area contributed by atoms with Crippen LogP contribution in [-0.4, -0.2) is 24.7 Å². The van der Waals surface area contributed by atoms with Crippen LogP contribution in [0, 0.1) is 5.92 Å². The number of nitrogens with one attached hydrogen (secondary N) is 1. The number of aromatic nitrogens is 1. The van der Waals surface area contributed by atoms with Crippen LogP contribution in [0.25, 0.3) is 10.9 Å². The standard InChI is InChI=1S/C16H19ClN2O.ClH/c17-14-3-4-15(16-13(14)2-1-8-19-16)20-11-7-12-5-9-18-10-6-12;/h1-4,8,12,18H,5-7,9-11H2;1H. The Kier molecular flexibility index (Phi) is 6.09. The third-order valence-electron chi connectivity index (χ3n) is 3.92. The first-order chi connectivity index (χ1) is 9.84. The molecule has 0 spiro atoms. The molecule has 1 aromatic heterocycles. The number of rotatable bonds is 4. The van der Waals surface area contributed by atoms with Crippen molar-refractivity contribution in [3.05, 3.63) is 35.5 Å². The fourth-order valence-corrected chi connectivity index (χ4v) is 2.95. The average Bonchev–Trinajstić information content (AvgIpc) is 2.51. The monoisotopic (exact) mass is 326 g/mol. The highest BCUT2D eigenvalue weighted by Gasteiger charge is 2.13. The molecule has 2 aromatic rings. The normalized spacial score (nSPS) is 15.7. The number of ether oxygens (including phenoxy) is 1. The average molecular weight is 327 g/mol. The van der Waals surface area contributed by atoms with E-state index in [1.165, 1.54) is 12.8 Å². The van der Waals surface area contributed by atoms with E-state index in [1.54, 1.807) is 6.20 Å². The molecule has 0 unspecified atom stereocenters. The Labute approximate surface area is 136 Å². The molecule has 3 rings (SSSR count). The van der Waals surface area contributed by atoms with Crippen LogP contribution in [0.2, 0.25) is 5.02 Å². The number of fused-ring (bicyclic) bond motifs is 1. The summed E-state index contributed by atoms with van der Waals surface area (Å²) in [6.07, 6.45) is 5.39. The number of halogens is 2. The third-order valence-corrected chi connectivity index (χ3v) is 4.25. The van der Waals surface area contributed by atoms with Crippen LogP contribution in [0.15, 0.2) is 30.5 Å².